The molecule has 0 bridgehead atoms. The van der Waals surface area contributed by atoms with Gasteiger partial charge in [0.05, 0.1) is 6.61 Å². The molecule has 0 unspecified atom stereocenters. The van der Waals surface area contributed by atoms with E-state index in [1.165, 1.54) is 0 Å². The second-order valence-electron chi connectivity index (χ2n) is 4.09. The first-order chi connectivity index (χ1) is 8.09. The van der Waals surface area contributed by atoms with Gasteiger partial charge in [0.1, 0.15) is 5.69 Å². The molecular formula is C12H17BrN2O2. The maximum Gasteiger partial charge on any atom is 0.269 e. The Morgan fingerprint density at radius 3 is 2.88 bits per heavy atom. The molecule has 94 valence electrons. The molecule has 0 fully saturated rings. The fraction of sp³-hybridized carbons (Fsp3) is 0.500. The van der Waals surface area contributed by atoms with E-state index in [0.717, 1.165) is 4.47 Å². The lowest BCUT2D eigenvalue weighted by Gasteiger charge is -2.07. The van der Waals surface area contributed by atoms with Gasteiger partial charge in [0.15, 0.2) is 0 Å². The minimum Gasteiger partial charge on any atom is -0.379 e. The quantitative estimate of drug-likeness (QED) is 0.820. The SMILES string of the molecule is CC(C)COCCNC(=O)c1ccc(Br)cn1. The molecule has 0 saturated heterocycles. The van der Waals surface area contributed by atoms with Gasteiger partial charge in [0, 0.05) is 23.8 Å². The first-order valence-corrected chi connectivity index (χ1v) is 6.36. The highest BCUT2D eigenvalue weighted by atomic mass is 79.9. The van der Waals surface area contributed by atoms with E-state index in [1.54, 1.807) is 18.3 Å². The Morgan fingerprint density at radius 1 is 1.53 bits per heavy atom. The fourth-order valence-electron chi connectivity index (χ4n) is 1.16. The zero-order valence-electron chi connectivity index (χ0n) is 10.1. The lowest BCUT2D eigenvalue weighted by Crippen LogP contribution is -2.28. The third-order valence-corrected chi connectivity index (χ3v) is 2.41. The Balaban J connectivity index is 2.23. The molecule has 1 aromatic heterocycles. The van der Waals surface area contributed by atoms with Crippen molar-refractivity contribution in [2.75, 3.05) is 19.8 Å². The van der Waals surface area contributed by atoms with Crippen LogP contribution in [0.5, 0.6) is 0 Å². The largest absolute Gasteiger partial charge is 0.379 e. The molecule has 0 saturated carbocycles. The molecule has 17 heavy (non-hydrogen) atoms. The maximum absolute atomic E-state index is 11.6. The van der Waals surface area contributed by atoms with Crippen molar-refractivity contribution in [3.8, 4) is 0 Å². The standard InChI is InChI=1S/C12H17BrN2O2/c1-9(2)8-17-6-5-14-12(16)11-4-3-10(13)7-15-11/h3-4,7,9H,5-6,8H2,1-2H3,(H,14,16). The predicted octanol–water partition coefficient (Wildman–Crippen LogP) is 2.25. The topological polar surface area (TPSA) is 51.2 Å². The van der Waals surface area contributed by atoms with Gasteiger partial charge < -0.3 is 10.1 Å². The summed E-state index contributed by atoms with van der Waals surface area (Å²) in [5.74, 6) is 0.337. The second-order valence-corrected chi connectivity index (χ2v) is 5.00. The van der Waals surface area contributed by atoms with Gasteiger partial charge in [-0.05, 0) is 34.0 Å². The van der Waals surface area contributed by atoms with Crippen molar-refractivity contribution in [1.82, 2.24) is 10.3 Å². The number of pyridine rings is 1. The molecule has 0 radical (unpaired) electrons. The maximum atomic E-state index is 11.6. The number of halogens is 1. The Kier molecular flexibility index (Phi) is 6.15. The molecule has 1 heterocycles. The zero-order valence-corrected chi connectivity index (χ0v) is 11.7. The van der Waals surface area contributed by atoms with Gasteiger partial charge in [-0.3, -0.25) is 4.79 Å². The van der Waals surface area contributed by atoms with Crippen LogP contribution >= 0.6 is 15.9 Å². The van der Waals surface area contributed by atoms with Crippen LogP contribution in [0.25, 0.3) is 0 Å². The summed E-state index contributed by atoms with van der Waals surface area (Å²) >= 11 is 3.27. The normalized spacial score (nSPS) is 10.6. The number of hydrogen-bond donors (Lipinski definition) is 1. The van der Waals surface area contributed by atoms with E-state index in [2.05, 4.69) is 40.1 Å². The highest BCUT2D eigenvalue weighted by molar-refractivity contribution is 9.10. The summed E-state index contributed by atoms with van der Waals surface area (Å²) in [6, 6.07) is 3.46. The van der Waals surface area contributed by atoms with E-state index in [1.807, 2.05) is 0 Å². The summed E-state index contributed by atoms with van der Waals surface area (Å²) in [6.07, 6.45) is 1.60. The van der Waals surface area contributed by atoms with Gasteiger partial charge in [-0.1, -0.05) is 13.8 Å². The van der Waals surface area contributed by atoms with Crippen LogP contribution in [0.2, 0.25) is 0 Å². The Bertz CT molecular complexity index is 352. The van der Waals surface area contributed by atoms with Crippen molar-refractivity contribution in [2.24, 2.45) is 5.92 Å². The van der Waals surface area contributed by atoms with Gasteiger partial charge in [0.25, 0.3) is 5.91 Å². The smallest absolute Gasteiger partial charge is 0.269 e. The van der Waals surface area contributed by atoms with Crippen molar-refractivity contribution >= 4 is 21.8 Å². The number of rotatable bonds is 6. The highest BCUT2D eigenvalue weighted by Crippen LogP contribution is 2.07. The van der Waals surface area contributed by atoms with Gasteiger partial charge in [-0.15, -0.1) is 0 Å². The summed E-state index contributed by atoms with van der Waals surface area (Å²) in [5.41, 5.74) is 0.414. The molecule has 0 aromatic carbocycles. The van der Waals surface area contributed by atoms with E-state index < -0.39 is 0 Å². The minimum absolute atomic E-state index is 0.175. The number of carbonyl (C=O) groups excluding carboxylic acids is 1. The summed E-state index contributed by atoms with van der Waals surface area (Å²) < 4.78 is 6.21. The Hall–Kier alpha value is -0.940. The minimum atomic E-state index is -0.175. The van der Waals surface area contributed by atoms with Crippen molar-refractivity contribution in [2.45, 2.75) is 13.8 Å². The highest BCUT2D eigenvalue weighted by Gasteiger charge is 2.05. The summed E-state index contributed by atoms with van der Waals surface area (Å²) in [6.45, 7) is 5.92. The molecule has 1 aromatic rings. The van der Waals surface area contributed by atoms with E-state index in [9.17, 15) is 4.79 Å². The van der Waals surface area contributed by atoms with Crippen LogP contribution in [-0.2, 0) is 4.74 Å². The molecule has 1 N–H and O–H groups in total. The van der Waals surface area contributed by atoms with Crippen molar-refractivity contribution in [1.29, 1.82) is 0 Å². The number of aromatic nitrogens is 1. The average Bonchev–Trinajstić information content (AvgIpc) is 2.29. The molecule has 1 amide bonds. The van der Waals surface area contributed by atoms with Crippen LogP contribution in [-0.4, -0.2) is 30.6 Å². The Morgan fingerprint density at radius 2 is 2.29 bits per heavy atom. The van der Waals surface area contributed by atoms with Crippen molar-refractivity contribution in [3.05, 3.63) is 28.5 Å². The molecule has 0 spiro atoms. The third kappa shape index (κ3) is 5.79. The van der Waals surface area contributed by atoms with E-state index in [0.29, 0.717) is 31.4 Å². The second kappa shape index (κ2) is 7.40. The van der Waals surface area contributed by atoms with Crippen LogP contribution < -0.4 is 5.32 Å². The molecule has 5 heteroatoms. The van der Waals surface area contributed by atoms with E-state index >= 15 is 0 Å². The van der Waals surface area contributed by atoms with Crippen LogP contribution in [0, 0.1) is 5.92 Å². The first kappa shape index (κ1) is 14.1. The summed E-state index contributed by atoms with van der Waals surface area (Å²) in [7, 11) is 0. The van der Waals surface area contributed by atoms with E-state index in [4.69, 9.17) is 4.74 Å². The molecule has 0 atom stereocenters. The molecule has 1 rings (SSSR count). The molecule has 0 aliphatic heterocycles. The zero-order chi connectivity index (χ0) is 12.7. The Labute approximate surface area is 110 Å². The number of amides is 1. The van der Waals surface area contributed by atoms with Gasteiger partial charge in [-0.25, -0.2) is 4.98 Å². The van der Waals surface area contributed by atoms with E-state index in [-0.39, 0.29) is 5.91 Å². The van der Waals surface area contributed by atoms with Crippen molar-refractivity contribution < 1.29 is 9.53 Å². The predicted molar refractivity (Wildman–Crippen MR) is 69.9 cm³/mol. The number of nitrogens with zero attached hydrogens (tertiary/aromatic N) is 1. The number of ether oxygens (including phenoxy) is 1. The number of hydrogen-bond acceptors (Lipinski definition) is 3. The van der Waals surface area contributed by atoms with Crippen molar-refractivity contribution in [3.63, 3.8) is 0 Å². The fourth-order valence-corrected chi connectivity index (χ4v) is 1.39. The third-order valence-electron chi connectivity index (χ3n) is 1.94. The molecular weight excluding hydrogens is 284 g/mol. The van der Waals surface area contributed by atoms with Crippen LogP contribution in [0.15, 0.2) is 22.8 Å². The monoisotopic (exact) mass is 300 g/mol. The molecule has 0 aliphatic carbocycles. The van der Waals surface area contributed by atoms with Crippen LogP contribution in [0.1, 0.15) is 24.3 Å². The van der Waals surface area contributed by atoms with Gasteiger partial charge >= 0.3 is 0 Å². The first-order valence-electron chi connectivity index (χ1n) is 5.57. The lowest BCUT2D eigenvalue weighted by molar-refractivity contribution is 0.0882. The number of carbonyl (C=O) groups is 1. The lowest BCUT2D eigenvalue weighted by atomic mass is 10.2. The van der Waals surface area contributed by atoms with Gasteiger partial charge in [0.2, 0.25) is 0 Å². The number of nitrogens with one attached hydrogen (secondary N) is 1. The molecule has 4 nitrogen and oxygen atoms in total. The van der Waals surface area contributed by atoms with Gasteiger partial charge in [-0.2, -0.15) is 0 Å². The summed E-state index contributed by atoms with van der Waals surface area (Å²) in [5, 5.41) is 2.75. The average molecular weight is 301 g/mol. The van der Waals surface area contributed by atoms with Crippen LogP contribution in [0.3, 0.4) is 0 Å². The molecule has 0 aliphatic rings. The van der Waals surface area contributed by atoms with Crippen LogP contribution in [0.4, 0.5) is 0 Å². The summed E-state index contributed by atoms with van der Waals surface area (Å²) in [4.78, 5) is 15.6.